The quantitative estimate of drug-likeness (QED) is 0.481. The van der Waals surface area contributed by atoms with Crippen LogP contribution in [0.25, 0.3) is 0 Å². The third kappa shape index (κ3) is 4.48. The second-order valence-electron chi connectivity index (χ2n) is 5.50. The molecule has 1 aromatic rings. The summed E-state index contributed by atoms with van der Waals surface area (Å²) in [5.74, 6) is 0.969. The van der Waals surface area contributed by atoms with Crippen molar-refractivity contribution in [1.29, 1.82) is 0 Å². The van der Waals surface area contributed by atoms with E-state index in [1.807, 2.05) is 42.2 Å². The van der Waals surface area contributed by atoms with Crippen molar-refractivity contribution in [3.63, 3.8) is 0 Å². The lowest BCUT2D eigenvalue weighted by molar-refractivity contribution is -0.117. The van der Waals surface area contributed by atoms with Crippen LogP contribution in [0.15, 0.2) is 35.3 Å². The van der Waals surface area contributed by atoms with E-state index in [0.29, 0.717) is 13.0 Å². The van der Waals surface area contributed by atoms with Crippen LogP contribution in [0.3, 0.4) is 0 Å². The summed E-state index contributed by atoms with van der Waals surface area (Å²) in [4.78, 5) is 18.6. The first-order chi connectivity index (χ1) is 10.7. The maximum absolute atomic E-state index is 12.2. The van der Waals surface area contributed by atoms with Gasteiger partial charge in [0.25, 0.3) is 0 Å². The van der Waals surface area contributed by atoms with Gasteiger partial charge < -0.3 is 15.5 Å². The largest absolute Gasteiger partial charge is 0.357 e. The number of para-hydroxylation sites is 1. The number of nitrogens with zero attached hydrogens (tertiary/aromatic N) is 2. The first kappa shape index (κ1) is 16.3. The van der Waals surface area contributed by atoms with Crippen molar-refractivity contribution in [1.82, 2.24) is 10.6 Å². The Morgan fingerprint density at radius 1 is 1.32 bits per heavy atom. The van der Waals surface area contributed by atoms with Gasteiger partial charge >= 0.3 is 0 Å². The summed E-state index contributed by atoms with van der Waals surface area (Å²) in [6.07, 6.45) is 2.72. The summed E-state index contributed by atoms with van der Waals surface area (Å²) in [7, 11) is 0. The number of benzene rings is 1. The second kappa shape index (κ2) is 8.41. The highest BCUT2D eigenvalue weighted by Gasteiger charge is 2.30. The Hall–Kier alpha value is -2.04. The number of carbonyl (C=O) groups excluding carboxylic acids is 1. The van der Waals surface area contributed by atoms with Gasteiger partial charge in [-0.25, -0.2) is 0 Å². The van der Waals surface area contributed by atoms with Crippen LogP contribution >= 0.6 is 0 Å². The molecular formula is C17H26N4O. The summed E-state index contributed by atoms with van der Waals surface area (Å²) in [6.45, 7) is 6.52. The number of aliphatic imine (C=N–C) groups is 1. The van der Waals surface area contributed by atoms with Crippen LogP contribution in [0.4, 0.5) is 5.69 Å². The van der Waals surface area contributed by atoms with Gasteiger partial charge in [0.05, 0.1) is 6.04 Å². The smallest absolute Gasteiger partial charge is 0.229 e. The van der Waals surface area contributed by atoms with Crippen LogP contribution < -0.4 is 15.5 Å². The van der Waals surface area contributed by atoms with Gasteiger partial charge in [0.2, 0.25) is 5.91 Å². The van der Waals surface area contributed by atoms with E-state index in [9.17, 15) is 4.79 Å². The van der Waals surface area contributed by atoms with E-state index in [1.54, 1.807) is 0 Å². The van der Waals surface area contributed by atoms with Gasteiger partial charge in [-0.1, -0.05) is 31.5 Å². The van der Waals surface area contributed by atoms with Crippen molar-refractivity contribution in [3.05, 3.63) is 30.3 Å². The van der Waals surface area contributed by atoms with Gasteiger partial charge in [-0.2, -0.15) is 0 Å². The number of nitrogens with one attached hydrogen (secondary N) is 2. The molecule has 0 bridgehead atoms. The molecule has 1 unspecified atom stereocenters. The molecule has 1 aliphatic heterocycles. The van der Waals surface area contributed by atoms with Crippen molar-refractivity contribution in [2.45, 2.75) is 39.2 Å². The van der Waals surface area contributed by atoms with Crippen molar-refractivity contribution < 1.29 is 4.79 Å². The number of rotatable bonds is 6. The number of amides is 1. The second-order valence-corrected chi connectivity index (χ2v) is 5.50. The molecule has 0 aromatic heterocycles. The normalized spacial score (nSPS) is 18.6. The Labute approximate surface area is 132 Å². The zero-order valence-electron chi connectivity index (χ0n) is 13.5. The third-order valence-corrected chi connectivity index (χ3v) is 3.66. The highest BCUT2D eigenvalue weighted by Crippen LogP contribution is 2.20. The van der Waals surface area contributed by atoms with Gasteiger partial charge in [0, 0.05) is 31.7 Å². The van der Waals surface area contributed by atoms with Gasteiger partial charge in [0.1, 0.15) is 0 Å². The molecule has 1 aromatic carbocycles. The molecule has 0 aliphatic carbocycles. The molecule has 1 saturated heterocycles. The molecular weight excluding hydrogens is 276 g/mol. The number of hydrogen-bond acceptors (Lipinski definition) is 2. The lowest BCUT2D eigenvalue weighted by atomic mass is 10.2. The SMILES string of the molecule is CCCCN=C(NCC)NC1CC(=O)N(c2ccccc2)C1. The molecule has 0 saturated carbocycles. The van der Waals surface area contributed by atoms with E-state index in [0.717, 1.165) is 37.6 Å². The molecule has 1 heterocycles. The Kier molecular flexibility index (Phi) is 6.25. The monoisotopic (exact) mass is 302 g/mol. The van der Waals surface area contributed by atoms with E-state index in [1.165, 1.54) is 0 Å². The fraction of sp³-hybridized carbons (Fsp3) is 0.529. The number of guanidine groups is 1. The maximum Gasteiger partial charge on any atom is 0.229 e. The fourth-order valence-corrected chi connectivity index (χ4v) is 2.52. The van der Waals surface area contributed by atoms with E-state index in [2.05, 4.69) is 22.5 Å². The highest BCUT2D eigenvalue weighted by atomic mass is 16.2. The maximum atomic E-state index is 12.2. The Morgan fingerprint density at radius 2 is 2.09 bits per heavy atom. The van der Waals surface area contributed by atoms with E-state index in [4.69, 9.17) is 0 Å². The summed E-state index contributed by atoms with van der Waals surface area (Å²) >= 11 is 0. The lowest BCUT2D eigenvalue weighted by Crippen LogP contribution is -2.44. The van der Waals surface area contributed by atoms with Crippen molar-refractivity contribution in [2.75, 3.05) is 24.5 Å². The summed E-state index contributed by atoms with van der Waals surface area (Å²) < 4.78 is 0. The molecule has 0 radical (unpaired) electrons. The third-order valence-electron chi connectivity index (χ3n) is 3.66. The van der Waals surface area contributed by atoms with E-state index < -0.39 is 0 Å². The van der Waals surface area contributed by atoms with Gasteiger partial charge in [0.15, 0.2) is 5.96 Å². The fourth-order valence-electron chi connectivity index (χ4n) is 2.52. The van der Waals surface area contributed by atoms with Crippen LogP contribution in [0.1, 0.15) is 33.1 Å². The minimum atomic E-state index is 0.104. The zero-order chi connectivity index (χ0) is 15.8. The summed E-state index contributed by atoms with van der Waals surface area (Å²) in [5.41, 5.74) is 0.963. The summed E-state index contributed by atoms with van der Waals surface area (Å²) in [5, 5.41) is 6.63. The minimum Gasteiger partial charge on any atom is -0.357 e. The summed E-state index contributed by atoms with van der Waals surface area (Å²) in [6, 6.07) is 9.93. The standard InChI is InChI=1S/C17H26N4O/c1-3-5-11-19-17(18-4-2)20-14-12-16(22)21(13-14)15-9-7-6-8-10-15/h6-10,14H,3-5,11-13H2,1-2H3,(H2,18,19,20). The average molecular weight is 302 g/mol. The molecule has 1 aliphatic rings. The Bertz CT molecular complexity index is 501. The first-order valence-corrected chi connectivity index (χ1v) is 8.14. The van der Waals surface area contributed by atoms with Crippen molar-refractivity contribution >= 4 is 17.6 Å². The van der Waals surface area contributed by atoms with Gasteiger partial charge in [-0.15, -0.1) is 0 Å². The lowest BCUT2D eigenvalue weighted by Gasteiger charge is -2.19. The topological polar surface area (TPSA) is 56.7 Å². The molecule has 2 N–H and O–H groups in total. The van der Waals surface area contributed by atoms with Crippen molar-refractivity contribution in [3.8, 4) is 0 Å². The number of carbonyl (C=O) groups is 1. The average Bonchev–Trinajstić information content (AvgIpc) is 2.89. The number of hydrogen-bond donors (Lipinski definition) is 2. The van der Waals surface area contributed by atoms with Crippen LogP contribution in [-0.4, -0.2) is 37.5 Å². The van der Waals surface area contributed by atoms with Crippen LogP contribution in [-0.2, 0) is 4.79 Å². The van der Waals surface area contributed by atoms with Crippen LogP contribution in [0.5, 0.6) is 0 Å². The zero-order valence-corrected chi connectivity index (χ0v) is 13.5. The molecule has 120 valence electrons. The van der Waals surface area contributed by atoms with Crippen LogP contribution in [0, 0.1) is 0 Å². The molecule has 1 atom stereocenters. The number of unbranched alkanes of at least 4 members (excludes halogenated alkanes) is 1. The van der Waals surface area contributed by atoms with Crippen LogP contribution in [0.2, 0.25) is 0 Å². The number of anilines is 1. The highest BCUT2D eigenvalue weighted by molar-refractivity contribution is 5.97. The first-order valence-electron chi connectivity index (χ1n) is 8.14. The Balaban J connectivity index is 1.95. The molecule has 5 heteroatoms. The Morgan fingerprint density at radius 3 is 2.77 bits per heavy atom. The molecule has 22 heavy (non-hydrogen) atoms. The van der Waals surface area contributed by atoms with Gasteiger partial charge in [-0.3, -0.25) is 9.79 Å². The van der Waals surface area contributed by atoms with E-state index >= 15 is 0 Å². The molecule has 2 rings (SSSR count). The van der Waals surface area contributed by atoms with Gasteiger partial charge in [-0.05, 0) is 25.5 Å². The molecule has 0 spiro atoms. The predicted octanol–water partition coefficient (Wildman–Crippen LogP) is 2.15. The van der Waals surface area contributed by atoms with E-state index in [-0.39, 0.29) is 11.9 Å². The molecule has 5 nitrogen and oxygen atoms in total. The predicted molar refractivity (Wildman–Crippen MR) is 91.2 cm³/mol. The van der Waals surface area contributed by atoms with Crippen molar-refractivity contribution in [2.24, 2.45) is 4.99 Å². The molecule has 1 amide bonds. The minimum absolute atomic E-state index is 0.104. The molecule has 1 fully saturated rings.